The van der Waals surface area contributed by atoms with Crippen LogP contribution in [0.1, 0.15) is 16.1 Å². The monoisotopic (exact) mass is 325 g/mol. The van der Waals surface area contributed by atoms with Crippen molar-refractivity contribution in [2.75, 3.05) is 12.4 Å². The van der Waals surface area contributed by atoms with Crippen molar-refractivity contribution >= 4 is 38.3 Å². The lowest BCUT2D eigenvalue weighted by Gasteiger charge is -2.03. The van der Waals surface area contributed by atoms with Crippen LogP contribution in [-0.4, -0.2) is 17.9 Å². The third-order valence-electron chi connectivity index (χ3n) is 2.28. The molecule has 0 atom stereocenters. The summed E-state index contributed by atoms with van der Waals surface area (Å²) < 4.78 is 0.890. The van der Waals surface area contributed by atoms with E-state index in [9.17, 15) is 4.79 Å². The molecule has 0 saturated carbocycles. The summed E-state index contributed by atoms with van der Waals surface area (Å²) >= 11 is 4.86. The minimum atomic E-state index is -0.102. The Balaban J connectivity index is 1.96. The first-order chi connectivity index (χ1) is 8.69. The Labute approximate surface area is 118 Å². The highest BCUT2D eigenvalue weighted by molar-refractivity contribution is 9.10. The molecule has 1 heterocycles. The highest BCUT2D eigenvalue weighted by atomic mass is 79.9. The lowest BCUT2D eigenvalue weighted by Crippen LogP contribution is -2.22. The average molecular weight is 326 g/mol. The van der Waals surface area contributed by atoms with Crippen LogP contribution in [0.2, 0.25) is 0 Å². The third-order valence-corrected chi connectivity index (χ3v) is 3.68. The molecule has 0 fully saturated rings. The number of carbonyl (C=O) groups is 1. The zero-order valence-electron chi connectivity index (χ0n) is 9.74. The normalized spacial score (nSPS) is 10.1. The van der Waals surface area contributed by atoms with Gasteiger partial charge < -0.3 is 10.6 Å². The fourth-order valence-electron chi connectivity index (χ4n) is 1.41. The number of benzene rings is 1. The van der Waals surface area contributed by atoms with Crippen LogP contribution in [0.5, 0.6) is 0 Å². The van der Waals surface area contributed by atoms with Gasteiger partial charge in [0.15, 0.2) is 5.13 Å². The van der Waals surface area contributed by atoms with E-state index in [0.717, 1.165) is 15.3 Å². The molecule has 4 nitrogen and oxygen atoms in total. The number of halogens is 1. The first kappa shape index (κ1) is 13.0. The van der Waals surface area contributed by atoms with Crippen LogP contribution in [0.25, 0.3) is 0 Å². The number of amides is 1. The molecule has 0 saturated heterocycles. The molecule has 0 radical (unpaired) electrons. The van der Waals surface area contributed by atoms with Gasteiger partial charge in [-0.1, -0.05) is 22.0 Å². The number of nitrogens with one attached hydrogen (secondary N) is 2. The molecular weight excluding hydrogens is 314 g/mol. The summed E-state index contributed by atoms with van der Waals surface area (Å²) in [6.07, 6.45) is 0. The molecule has 1 aromatic heterocycles. The minimum Gasteiger partial charge on any atom is -0.365 e. The van der Waals surface area contributed by atoms with Crippen molar-refractivity contribution in [3.05, 3.63) is 45.4 Å². The lowest BCUT2D eigenvalue weighted by molar-refractivity contribution is 0.0950. The first-order valence-electron chi connectivity index (χ1n) is 5.35. The predicted octanol–water partition coefficient (Wildman–Crippen LogP) is 2.88. The molecule has 0 spiro atoms. The Bertz CT molecular complexity index is 556. The number of anilines is 1. The van der Waals surface area contributed by atoms with Gasteiger partial charge in [-0.3, -0.25) is 4.79 Å². The molecule has 0 aliphatic rings. The Morgan fingerprint density at radius 1 is 1.50 bits per heavy atom. The number of thiazole rings is 1. The smallest absolute Gasteiger partial charge is 0.251 e. The summed E-state index contributed by atoms with van der Waals surface area (Å²) in [7, 11) is 1.82. The zero-order chi connectivity index (χ0) is 13.0. The van der Waals surface area contributed by atoms with Crippen LogP contribution in [0.3, 0.4) is 0 Å². The van der Waals surface area contributed by atoms with Crippen LogP contribution < -0.4 is 10.6 Å². The predicted molar refractivity (Wildman–Crippen MR) is 77.0 cm³/mol. The van der Waals surface area contributed by atoms with Gasteiger partial charge in [-0.2, -0.15) is 0 Å². The van der Waals surface area contributed by atoms with Crippen molar-refractivity contribution in [2.24, 2.45) is 0 Å². The SMILES string of the molecule is CNc1nc(CNC(=O)c2cccc(Br)c2)cs1. The second kappa shape index (κ2) is 5.97. The molecule has 1 aromatic carbocycles. The molecule has 0 aliphatic carbocycles. The molecule has 2 aromatic rings. The Kier molecular flexibility index (Phi) is 4.33. The fraction of sp³-hybridized carbons (Fsp3) is 0.167. The molecule has 0 aliphatic heterocycles. The largest absolute Gasteiger partial charge is 0.365 e. The topological polar surface area (TPSA) is 54.0 Å². The molecule has 18 heavy (non-hydrogen) atoms. The summed E-state index contributed by atoms with van der Waals surface area (Å²) in [4.78, 5) is 16.2. The van der Waals surface area contributed by atoms with E-state index < -0.39 is 0 Å². The van der Waals surface area contributed by atoms with Gasteiger partial charge in [0, 0.05) is 22.5 Å². The van der Waals surface area contributed by atoms with E-state index >= 15 is 0 Å². The average Bonchev–Trinajstić information content (AvgIpc) is 2.84. The van der Waals surface area contributed by atoms with Gasteiger partial charge in [0.05, 0.1) is 12.2 Å². The van der Waals surface area contributed by atoms with E-state index in [-0.39, 0.29) is 5.91 Å². The molecule has 2 rings (SSSR count). The van der Waals surface area contributed by atoms with Gasteiger partial charge in [0.25, 0.3) is 5.91 Å². The zero-order valence-corrected chi connectivity index (χ0v) is 12.1. The molecule has 94 valence electrons. The minimum absolute atomic E-state index is 0.102. The maximum Gasteiger partial charge on any atom is 0.251 e. The molecule has 0 bridgehead atoms. The summed E-state index contributed by atoms with van der Waals surface area (Å²) in [6, 6.07) is 7.28. The van der Waals surface area contributed by atoms with E-state index in [1.807, 2.05) is 24.6 Å². The summed E-state index contributed by atoms with van der Waals surface area (Å²) in [5.41, 5.74) is 1.49. The highest BCUT2D eigenvalue weighted by Gasteiger charge is 2.06. The van der Waals surface area contributed by atoms with E-state index in [2.05, 4.69) is 31.5 Å². The number of hydrogen-bond donors (Lipinski definition) is 2. The molecule has 0 unspecified atom stereocenters. The van der Waals surface area contributed by atoms with Crippen LogP contribution in [0.4, 0.5) is 5.13 Å². The van der Waals surface area contributed by atoms with Crippen molar-refractivity contribution in [1.29, 1.82) is 0 Å². The molecule has 6 heteroatoms. The quantitative estimate of drug-likeness (QED) is 0.908. The summed E-state index contributed by atoms with van der Waals surface area (Å²) in [6.45, 7) is 0.434. The second-order valence-electron chi connectivity index (χ2n) is 3.59. The third kappa shape index (κ3) is 3.30. The van der Waals surface area contributed by atoms with Gasteiger partial charge in [-0.15, -0.1) is 11.3 Å². The van der Waals surface area contributed by atoms with Crippen molar-refractivity contribution in [2.45, 2.75) is 6.54 Å². The van der Waals surface area contributed by atoms with Gasteiger partial charge in [-0.05, 0) is 18.2 Å². The maximum atomic E-state index is 11.9. The number of nitrogens with zero attached hydrogens (tertiary/aromatic N) is 1. The van der Waals surface area contributed by atoms with Gasteiger partial charge in [0.2, 0.25) is 0 Å². The highest BCUT2D eigenvalue weighted by Crippen LogP contribution is 2.15. The van der Waals surface area contributed by atoms with Crippen molar-refractivity contribution in [1.82, 2.24) is 10.3 Å². The van der Waals surface area contributed by atoms with Crippen molar-refractivity contribution < 1.29 is 4.79 Å². The van der Waals surface area contributed by atoms with E-state index in [0.29, 0.717) is 12.1 Å². The number of hydrogen-bond acceptors (Lipinski definition) is 4. The Morgan fingerprint density at radius 3 is 3.00 bits per heavy atom. The molecule has 2 N–H and O–H groups in total. The summed E-state index contributed by atoms with van der Waals surface area (Å²) in [5, 5.41) is 8.57. The van der Waals surface area contributed by atoms with Crippen molar-refractivity contribution in [3.63, 3.8) is 0 Å². The van der Waals surface area contributed by atoms with E-state index in [1.54, 1.807) is 12.1 Å². The number of aromatic nitrogens is 1. The van der Waals surface area contributed by atoms with Crippen LogP contribution >= 0.6 is 27.3 Å². The Hall–Kier alpha value is -1.40. The molecular formula is C12H12BrN3OS. The Morgan fingerprint density at radius 2 is 2.33 bits per heavy atom. The first-order valence-corrected chi connectivity index (χ1v) is 7.02. The maximum absolute atomic E-state index is 11.9. The number of rotatable bonds is 4. The molecule has 1 amide bonds. The van der Waals surface area contributed by atoms with Gasteiger partial charge in [0.1, 0.15) is 0 Å². The number of carbonyl (C=O) groups excluding carboxylic acids is 1. The second-order valence-corrected chi connectivity index (χ2v) is 5.36. The van der Waals surface area contributed by atoms with Crippen LogP contribution in [0.15, 0.2) is 34.1 Å². The van der Waals surface area contributed by atoms with Crippen LogP contribution in [0, 0.1) is 0 Å². The van der Waals surface area contributed by atoms with Crippen molar-refractivity contribution in [3.8, 4) is 0 Å². The van der Waals surface area contributed by atoms with E-state index in [4.69, 9.17) is 0 Å². The van der Waals surface area contributed by atoms with Gasteiger partial charge in [-0.25, -0.2) is 4.98 Å². The van der Waals surface area contributed by atoms with Crippen LogP contribution in [-0.2, 0) is 6.54 Å². The fourth-order valence-corrected chi connectivity index (χ4v) is 2.48. The lowest BCUT2D eigenvalue weighted by atomic mass is 10.2. The van der Waals surface area contributed by atoms with E-state index in [1.165, 1.54) is 11.3 Å². The standard InChI is InChI=1S/C12H12BrN3OS/c1-14-12-16-10(7-18-12)6-15-11(17)8-3-2-4-9(13)5-8/h2-5,7H,6H2,1H3,(H,14,16)(H,15,17). The van der Waals surface area contributed by atoms with Gasteiger partial charge >= 0.3 is 0 Å². The summed E-state index contributed by atoms with van der Waals surface area (Å²) in [5.74, 6) is -0.102.